The highest BCUT2D eigenvalue weighted by atomic mass is 19.4. The maximum Gasteiger partial charge on any atom is 0.416 e. The standard InChI is InChI=1S/C27H31F3N2O3/c1-2-3-15-31-16-14-24(19-4-8-22(9-5-19)32-25(33)12-13-26(32)34)20(17-31)18-35-23-10-6-21(7-11-23)27(28,29)30/h4-13,20,24,33-34H,2-3,14-18H2,1H3/t20-,24-/m1/s1. The Morgan fingerprint density at radius 3 is 2.20 bits per heavy atom. The number of ether oxygens (including phenoxy) is 1. The van der Waals surface area contributed by atoms with Crippen molar-refractivity contribution in [3.63, 3.8) is 0 Å². The monoisotopic (exact) mass is 488 g/mol. The summed E-state index contributed by atoms with van der Waals surface area (Å²) in [4.78, 5) is 2.44. The molecule has 0 amide bonds. The molecule has 1 saturated heterocycles. The van der Waals surface area contributed by atoms with E-state index in [1.807, 2.05) is 24.3 Å². The SMILES string of the molecule is CCCCN1CC[C@H](c2ccc(-n3c(O)ccc3O)cc2)[C@@H](COc2ccc(C(F)(F)F)cc2)C1. The first-order valence-electron chi connectivity index (χ1n) is 12.0. The predicted octanol–water partition coefficient (Wildman–Crippen LogP) is 6.19. The van der Waals surface area contributed by atoms with Gasteiger partial charge in [-0.3, -0.25) is 4.57 Å². The number of aromatic nitrogens is 1. The Kier molecular flexibility index (Phi) is 7.60. The lowest BCUT2D eigenvalue weighted by Gasteiger charge is -2.39. The molecule has 0 bridgehead atoms. The fourth-order valence-corrected chi connectivity index (χ4v) is 4.79. The van der Waals surface area contributed by atoms with E-state index in [1.54, 1.807) is 0 Å². The molecule has 0 radical (unpaired) electrons. The summed E-state index contributed by atoms with van der Waals surface area (Å²) in [7, 11) is 0. The van der Waals surface area contributed by atoms with Crippen molar-refractivity contribution in [1.82, 2.24) is 9.47 Å². The van der Waals surface area contributed by atoms with E-state index in [0.717, 1.165) is 56.6 Å². The second kappa shape index (κ2) is 10.6. The Bertz CT molecular complexity index is 1070. The smallest absolute Gasteiger partial charge is 0.416 e. The predicted molar refractivity (Wildman–Crippen MR) is 128 cm³/mol. The van der Waals surface area contributed by atoms with E-state index in [2.05, 4.69) is 11.8 Å². The van der Waals surface area contributed by atoms with Crippen molar-refractivity contribution in [3.05, 3.63) is 71.8 Å². The van der Waals surface area contributed by atoms with Gasteiger partial charge in [0.1, 0.15) is 5.75 Å². The third-order valence-electron chi connectivity index (χ3n) is 6.71. The first-order valence-corrected chi connectivity index (χ1v) is 12.0. The number of likely N-dealkylation sites (tertiary alicyclic amines) is 1. The van der Waals surface area contributed by atoms with Crippen LogP contribution in [0.5, 0.6) is 17.5 Å². The molecule has 0 spiro atoms. The zero-order valence-corrected chi connectivity index (χ0v) is 19.7. The summed E-state index contributed by atoms with van der Waals surface area (Å²) in [6.07, 6.45) is -1.18. The molecule has 3 aromatic rings. The third-order valence-corrected chi connectivity index (χ3v) is 6.71. The third kappa shape index (κ3) is 5.93. The summed E-state index contributed by atoms with van der Waals surface area (Å²) in [5, 5.41) is 20.0. The highest BCUT2D eigenvalue weighted by molar-refractivity contribution is 5.44. The van der Waals surface area contributed by atoms with Crippen molar-refractivity contribution >= 4 is 0 Å². The lowest BCUT2D eigenvalue weighted by atomic mass is 9.80. The van der Waals surface area contributed by atoms with Gasteiger partial charge in [-0.05, 0) is 73.8 Å². The Labute approximate surface area is 203 Å². The Morgan fingerprint density at radius 1 is 0.943 bits per heavy atom. The largest absolute Gasteiger partial charge is 0.494 e. The van der Waals surface area contributed by atoms with Crippen LogP contribution in [0, 0.1) is 5.92 Å². The summed E-state index contributed by atoms with van der Waals surface area (Å²) in [5.74, 6) is 0.742. The minimum absolute atomic E-state index is 0.0395. The topological polar surface area (TPSA) is 57.9 Å². The van der Waals surface area contributed by atoms with Gasteiger partial charge in [-0.15, -0.1) is 0 Å². The minimum Gasteiger partial charge on any atom is -0.494 e. The van der Waals surface area contributed by atoms with Crippen molar-refractivity contribution in [2.24, 2.45) is 5.92 Å². The number of nitrogens with zero attached hydrogens (tertiary/aromatic N) is 2. The molecule has 8 heteroatoms. The Balaban J connectivity index is 1.49. The van der Waals surface area contributed by atoms with E-state index in [1.165, 1.54) is 28.8 Å². The van der Waals surface area contributed by atoms with Crippen molar-refractivity contribution in [1.29, 1.82) is 0 Å². The summed E-state index contributed by atoms with van der Waals surface area (Å²) in [5.41, 5.74) is 1.11. The van der Waals surface area contributed by atoms with Crippen LogP contribution in [0.2, 0.25) is 0 Å². The van der Waals surface area contributed by atoms with Crippen LogP contribution >= 0.6 is 0 Å². The number of aromatic hydroxyl groups is 2. The second-order valence-corrected chi connectivity index (χ2v) is 9.12. The molecule has 1 fully saturated rings. The molecule has 4 rings (SSSR count). The van der Waals surface area contributed by atoms with Crippen LogP contribution in [-0.2, 0) is 6.18 Å². The first kappa shape index (κ1) is 25.0. The number of alkyl halides is 3. The molecule has 2 N–H and O–H groups in total. The van der Waals surface area contributed by atoms with E-state index < -0.39 is 11.7 Å². The van der Waals surface area contributed by atoms with Gasteiger partial charge in [0.2, 0.25) is 0 Å². The summed E-state index contributed by atoms with van der Waals surface area (Å²) < 4.78 is 45.9. The molecule has 1 aromatic heterocycles. The van der Waals surface area contributed by atoms with Crippen LogP contribution in [-0.4, -0.2) is 45.9 Å². The van der Waals surface area contributed by atoms with Gasteiger partial charge >= 0.3 is 6.18 Å². The Morgan fingerprint density at radius 2 is 1.60 bits per heavy atom. The normalized spacial score (nSPS) is 19.1. The van der Waals surface area contributed by atoms with Crippen molar-refractivity contribution in [2.45, 2.75) is 38.3 Å². The van der Waals surface area contributed by atoms with E-state index in [-0.39, 0.29) is 23.6 Å². The van der Waals surface area contributed by atoms with Crippen LogP contribution in [0.1, 0.15) is 43.2 Å². The molecule has 2 aromatic carbocycles. The van der Waals surface area contributed by atoms with E-state index in [0.29, 0.717) is 18.0 Å². The lowest BCUT2D eigenvalue weighted by molar-refractivity contribution is -0.137. The van der Waals surface area contributed by atoms with Crippen LogP contribution in [0.4, 0.5) is 13.2 Å². The average Bonchev–Trinajstić information content (AvgIpc) is 3.19. The van der Waals surface area contributed by atoms with Gasteiger partial charge in [0.05, 0.1) is 17.9 Å². The van der Waals surface area contributed by atoms with Gasteiger partial charge < -0.3 is 19.8 Å². The summed E-state index contributed by atoms with van der Waals surface area (Å²) in [6, 6.07) is 15.5. The first-order chi connectivity index (χ1) is 16.8. The number of hydrogen-bond donors (Lipinski definition) is 2. The molecule has 1 aliphatic rings. The molecule has 5 nitrogen and oxygen atoms in total. The molecular weight excluding hydrogens is 457 g/mol. The average molecular weight is 489 g/mol. The number of halogens is 3. The second-order valence-electron chi connectivity index (χ2n) is 9.12. The zero-order chi connectivity index (χ0) is 25.0. The van der Waals surface area contributed by atoms with Gasteiger partial charge in [-0.2, -0.15) is 13.2 Å². The number of benzene rings is 2. The van der Waals surface area contributed by atoms with E-state index in [9.17, 15) is 23.4 Å². The van der Waals surface area contributed by atoms with Crippen LogP contribution in [0.15, 0.2) is 60.7 Å². The van der Waals surface area contributed by atoms with Crippen molar-refractivity contribution < 1.29 is 28.1 Å². The van der Waals surface area contributed by atoms with Gasteiger partial charge in [0, 0.05) is 24.6 Å². The van der Waals surface area contributed by atoms with E-state index in [4.69, 9.17) is 4.74 Å². The number of piperidine rings is 1. The molecule has 2 heterocycles. The fourth-order valence-electron chi connectivity index (χ4n) is 4.79. The summed E-state index contributed by atoms with van der Waals surface area (Å²) >= 11 is 0. The molecule has 2 atom stereocenters. The summed E-state index contributed by atoms with van der Waals surface area (Å²) in [6.45, 7) is 5.42. The number of hydrogen-bond acceptors (Lipinski definition) is 4. The van der Waals surface area contributed by atoms with Crippen molar-refractivity contribution in [3.8, 4) is 23.2 Å². The molecule has 0 unspecified atom stereocenters. The van der Waals surface area contributed by atoms with Gasteiger partial charge in [0.25, 0.3) is 0 Å². The highest BCUT2D eigenvalue weighted by Gasteiger charge is 2.32. The molecule has 0 aliphatic carbocycles. The van der Waals surface area contributed by atoms with E-state index >= 15 is 0 Å². The van der Waals surface area contributed by atoms with Crippen molar-refractivity contribution in [2.75, 3.05) is 26.2 Å². The van der Waals surface area contributed by atoms with Crippen LogP contribution < -0.4 is 4.74 Å². The number of unbranched alkanes of at least 4 members (excludes halogenated alkanes) is 1. The fraction of sp³-hybridized carbons (Fsp3) is 0.407. The molecular formula is C27H31F3N2O3. The van der Waals surface area contributed by atoms with Gasteiger partial charge in [-0.1, -0.05) is 25.5 Å². The van der Waals surface area contributed by atoms with Gasteiger partial charge in [-0.25, -0.2) is 0 Å². The highest BCUT2D eigenvalue weighted by Crippen LogP contribution is 2.36. The number of rotatable bonds is 8. The molecule has 1 aliphatic heterocycles. The molecule has 0 saturated carbocycles. The maximum atomic E-state index is 12.9. The zero-order valence-electron chi connectivity index (χ0n) is 19.7. The molecule has 35 heavy (non-hydrogen) atoms. The maximum absolute atomic E-state index is 12.9. The van der Waals surface area contributed by atoms with Crippen LogP contribution in [0.25, 0.3) is 5.69 Å². The molecule has 188 valence electrons. The minimum atomic E-state index is -4.37. The van der Waals surface area contributed by atoms with Gasteiger partial charge in [0.15, 0.2) is 11.8 Å². The Hall–Kier alpha value is -3.13. The quantitative estimate of drug-likeness (QED) is 0.397. The van der Waals surface area contributed by atoms with Crippen LogP contribution in [0.3, 0.4) is 0 Å². The lowest BCUT2D eigenvalue weighted by Crippen LogP contribution is -2.42.